The minimum Gasteiger partial charge on any atom is -0.494 e. The maximum absolute atomic E-state index is 12.0. The van der Waals surface area contributed by atoms with Crippen LogP contribution in [-0.2, 0) is 0 Å². The molecule has 0 unspecified atom stereocenters. The van der Waals surface area contributed by atoms with Gasteiger partial charge < -0.3 is 15.8 Å². The minimum atomic E-state index is -0.0977. The number of nitrogens with two attached hydrogens (primary N) is 1. The van der Waals surface area contributed by atoms with Gasteiger partial charge in [0.05, 0.1) is 6.61 Å². The Morgan fingerprint density at radius 3 is 2.71 bits per heavy atom. The fourth-order valence-corrected chi connectivity index (χ4v) is 1.96. The van der Waals surface area contributed by atoms with E-state index in [0.717, 1.165) is 17.7 Å². The molecule has 0 spiro atoms. The number of aryl methyl sites for hydroxylation is 1. The molecule has 2 rings (SSSR count). The fourth-order valence-electron chi connectivity index (χ4n) is 1.96. The maximum Gasteiger partial charge on any atom is 0.251 e. The van der Waals surface area contributed by atoms with Crippen LogP contribution in [-0.4, -0.2) is 19.1 Å². The van der Waals surface area contributed by atoms with Crippen molar-refractivity contribution in [1.82, 2.24) is 5.32 Å². The molecule has 0 radical (unpaired) electrons. The highest BCUT2D eigenvalue weighted by molar-refractivity contribution is 5.96. The van der Waals surface area contributed by atoms with E-state index in [9.17, 15) is 4.79 Å². The molecular weight excluding hydrogens is 264 g/mol. The van der Waals surface area contributed by atoms with E-state index in [1.54, 1.807) is 12.1 Å². The molecular formula is C17H20N2O2. The van der Waals surface area contributed by atoms with Crippen molar-refractivity contribution in [3.05, 3.63) is 59.7 Å². The fraction of sp³-hybridized carbons (Fsp3) is 0.235. The largest absolute Gasteiger partial charge is 0.494 e. The first kappa shape index (κ1) is 14.9. The van der Waals surface area contributed by atoms with E-state index in [0.29, 0.717) is 24.4 Å². The molecule has 0 aliphatic rings. The number of hydrogen-bond donors (Lipinski definition) is 2. The Balaban J connectivity index is 1.73. The van der Waals surface area contributed by atoms with Gasteiger partial charge in [-0.2, -0.15) is 0 Å². The van der Waals surface area contributed by atoms with Crippen LogP contribution >= 0.6 is 0 Å². The van der Waals surface area contributed by atoms with Crippen molar-refractivity contribution in [1.29, 1.82) is 0 Å². The van der Waals surface area contributed by atoms with Gasteiger partial charge in [-0.25, -0.2) is 0 Å². The summed E-state index contributed by atoms with van der Waals surface area (Å²) in [6.07, 6.45) is 0.752. The van der Waals surface area contributed by atoms with Gasteiger partial charge in [-0.1, -0.05) is 24.3 Å². The van der Waals surface area contributed by atoms with E-state index in [-0.39, 0.29) is 5.91 Å². The SMILES string of the molecule is Cc1ccc(N)cc1C(=O)NCCCOc1ccccc1. The van der Waals surface area contributed by atoms with Crippen LogP contribution in [0.15, 0.2) is 48.5 Å². The highest BCUT2D eigenvalue weighted by Gasteiger charge is 2.08. The number of nitrogen functional groups attached to an aromatic ring is 1. The summed E-state index contributed by atoms with van der Waals surface area (Å²) in [5.41, 5.74) is 7.84. The number of carbonyl (C=O) groups is 1. The molecule has 2 aromatic carbocycles. The van der Waals surface area contributed by atoms with Crippen LogP contribution in [0.3, 0.4) is 0 Å². The van der Waals surface area contributed by atoms with E-state index >= 15 is 0 Å². The van der Waals surface area contributed by atoms with E-state index in [2.05, 4.69) is 5.32 Å². The lowest BCUT2D eigenvalue weighted by atomic mass is 10.1. The molecule has 0 atom stereocenters. The number of para-hydroxylation sites is 1. The van der Waals surface area contributed by atoms with Gasteiger partial charge in [0.2, 0.25) is 0 Å². The Kier molecular flexibility index (Phi) is 5.21. The third-order valence-electron chi connectivity index (χ3n) is 3.12. The number of nitrogens with one attached hydrogen (secondary N) is 1. The van der Waals surface area contributed by atoms with Gasteiger partial charge in [-0.3, -0.25) is 4.79 Å². The van der Waals surface area contributed by atoms with Crippen LogP contribution in [0.1, 0.15) is 22.3 Å². The van der Waals surface area contributed by atoms with Crippen LogP contribution in [0.25, 0.3) is 0 Å². The standard InChI is InChI=1S/C17H20N2O2/c1-13-8-9-14(18)12-16(13)17(20)19-10-5-11-21-15-6-3-2-4-7-15/h2-4,6-9,12H,5,10-11,18H2,1H3,(H,19,20). The van der Waals surface area contributed by atoms with E-state index in [4.69, 9.17) is 10.5 Å². The number of amides is 1. The summed E-state index contributed by atoms with van der Waals surface area (Å²) in [6, 6.07) is 15.0. The number of anilines is 1. The lowest BCUT2D eigenvalue weighted by molar-refractivity contribution is 0.0951. The molecule has 110 valence electrons. The first-order valence-corrected chi connectivity index (χ1v) is 6.99. The monoisotopic (exact) mass is 284 g/mol. The molecule has 2 aromatic rings. The number of ether oxygens (including phenoxy) is 1. The van der Waals surface area contributed by atoms with E-state index in [1.165, 1.54) is 0 Å². The predicted molar refractivity (Wildman–Crippen MR) is 84.5 cm³/mol. The molecule has 0 saturated carbocycles. The molecule has 3 N–H and O–H groups in total. The number of carbonyl (C=O) groups excluding carboxylic acids is 1. The topological polar surface area (TPSA) is 64.4 Å². The first-order chi connectivity index (χ1) is 10.2. The number of benzene rings is 2. The van der Waals surface area contributed by atoms with Gasteiger partial charge in [-0.15, -0.1) is 0 Å². The van der Waals surface area contributed by atoms with Gasteiger partial charge in [0.1, 0.15) is 5.75 Å². The maximum atomic E-state index is 12.0. The van der Waals surface area contributed by atoms with E-state index < -0.39 is 0 Å². The molecule has 0 aliphatic heterocycles. The summed E-state index contributed by atoms with van der Waals surface area (Å²) >= 11 is 0. The van der Waals surface area contributed by atoms with Crippen molar-refractivity contribution >= 4 is 11.6 Å². The van der Waals surface area contributed by atoms with Gasteiger partial charge in [0.15, 0.2) is 0 Å². The molecule has 0 saturated heterocycles. The second kappa shape index (κ2) is 7.33. The van der Waals surface area contributed by atoms with Crippen molar-refractivity contribution in [2.24, 2.45) is 0 Å². The molecule has 1 amide bonds. The Bertz CT molecular complexity index is 597. The normalized spacial score (nSPS) is 10.1. The van der Waals surface area contributed by atoms with Crippen LogP contribution in [0.5, 0.6) is 5.75 Å². The number of rotatable bonds is 6. The van der Waals surface area contributed by atoms with Crippen molar-refractivity contribution in [2.45, 2.75) is 13.3 Å². The molecule has 0 bridgehead atoms. The summed E-state index contributed by atoms with van der Waals surface area (Å²) < 4.78 is 5.57. The Morgan fingerprint density at radius 2 is 1.95 bits per heavy atom. The Morgan fingerprint density at radius 1 is 1.19 bits per heavy atom. The van der Waals surface area contributed by atoms with Crippen molar-refractivity contribution in [3.8, 4) is 5.75 Å². The third kappa shape index (κ3) is 4.53. The number of hydrogen-bond acceptors (Lipinski definition) is 3. The first-order valence-electron chi connectivity index (χ1n) is 6.99. The van der Waals surface area contributed by atoms with Crippen molar-refractivity contribution in [3.63, 3.8) is 0 Å². The summed E-state index contributed by atoms with van der Waals surface area (Å²) in [7, 11) is 0. The molecule has 0 heterocycles. The summed E-state index contributed by atoms with van der Waals surface area (Å²) in [5.74, 6) is 0.745. The van der Waals surface area contributed by atoms with Crippen LogP contribution in [0, 0.1) is 6.92 Å². The quantitative estimate of drug-likeness (QED) is 0.633. The summed E-state index contributed by atoms with van der Waals surface area (Å²) in [5, 5.41) is 2.88. The lowest BCUT2D eigenvalue weighted by Gasteiger charge is -2.09. The van der Waals surface area contributed by atoms with Gasteiger partial charge >= 0.3 is 0 Å². The summed E-state index contributed by atoms with van der Waals surface area (Å²) in [6.45, 7) is 3.03. The van der Waals surface area contributed by atoms with Crippen LogP contribution in [0.4, 0.5) is 5.69 Å². The second-order valence-electron chi connectivity index (χ2n) is 4.85. The molecule has 0 fully saturated rings. The average molecular weight is 284 g/mol. The Hall–Kier alpha value is -2.49. The third-order valence-corrected chi connectivity index (χ3v) is 3.12. The predicted octanol–water partition coefficient (Wildman–Crippen LogP) is 2.78. The second-order valence-corrected chi connectivity index (χ2v) is 4.85. The van der Waals surface area contributed by atoms with Gasteiger partial charge in [0, 0.05) is 17.8 Å². The smallest absolute Gasteiger partial charge is 0.251 e. The summed E-state index contributed by atoms with van der Waals surface area (Å²) in [4.78, 5) is 12.0. The Labute approximate surface area is 124 Å². The van der Waals surface area contributed by atoms with Gasteiger partial charge in [-0.05, 0) is 43.2 Å². The zero-order valence-corrected chi connectivity index (χ0v) is 12.1. The highest BCUT2D eigenvalue weighted by atomic mass is 16.5. The van der Waals surface area contributed by atoms with Crippen molar-refractivity contribution in [2.75, 3.05) is 18.9 Å². The molecule has 0 aromatic heterocycles. The van der Waals surface area contributed by atoms with Crippen molar-refractivity contribution < 1.29 is 9.53 Å². The van der Waals surface area contributed by atoms with Gasteiger partial charge in [0.25, 0.3) is 5.91 Å². The highest BCUT2D eigenvalue weighted by Crippen LogP contribution is 2.12. The average Bonchev–Trinajstić information content (AvgIpc) is 2.50. The van der Waals surface area contributed by atoms with Crippen LogP contribution < -0.4 is 15.8 Å². The molecule has 21 heavy (non-hydrogen) atoms. The lowest BCUT2D eigenvalue weighted by Crippen LogP contribution is -2.26. The molecule has 4 nitrogen and oxygen atoms in total. The van der Waals surface area contributed by atoms with E-state index in [1.807, 2.05) is 43.3 Å². The zero-order valence-electron chi connectivity index (χ0n) is 12.1. The minimum absolute atomic E-state index is 0.0977. The molecule has 4 heteroatoms. The molecule has 0 aliphatic carbocycles. The van der Waals surface area contributed by atoms with Crippen LogP contribution in [0.2, 0.25) is 0 Å². The zero-order chi connectivity index (χ0) is 15.1.